The summed E-state index contributed by atoms with van der Waals surface area (Å²) in [6.07, 6.45) is -0.935. The third kappa shape index (κ3) is 5.54. The molecule has 0 fully saturated rings. The molecule has 0 saturated heterocycles. The summed E-state index contributed by atoms with van der Waals surface area (Å²) in [5, 5.41) is 13.4. The molecule has 0 aliphatic heterocycles. The van der Waals surface area contributed by atoms with Crippen LogP contribution >= 0.6 is 31.9 Å². The van der Waals surface area contributed by atoms with E-state index in [4.69, 9.17) is 0 Å². The van der Waals surface area contributed by atoms with E-state index in [1.54, 1.807) is 24.3 Å². The smallest absolute Gasteiger partial charge is 0.243 e. The minimum atomic E-state index is -3.83. The quantitative estimate of drug-likeness (QED) is 0.201. The molecule has 0 saturated carbocycles. The zero-order valence-corrected chi connectivity index (χ0v) is 24.2. The summed E-state index contributed by atoms with van der Waals surface area (Å²) in [7, 11) is -3.83. The van der Waals surface area contributed by atoms with Crippen molar-refractivity contribution in [3.8, 4) is 0 Å². The van der Waals surface area contributed by atoms with Gasteiger partial charge >= 0.3 is 0 Å². The van der Waals surface area contributed by atoms with Crippen LogP contribution in [0.2, 0.25) is 0 Å². The van der Waals surface area contributed by atoms with E-state index in [0.29, 0.717) is 0 Å². The number of rotatable bonds is 8. The van der Waals surface area contributed by atoms with Crippen molar-refractivity contribution >= 4 is 63.7 Å². The van der Waals surface area contributed by atoms with Crippen LogP contribution in [0.25, 0.3) is 21.8 Å². The van der Waals surface area contributed by atoms with E-state index < -0.39 is 16.1 Å². The van der Waals surface area contributed by atoms with Gasteiger partial charge in [0, 0.05) is 43.8 Å². The van der Waals surface area contributed by atoms with Crippen molar-refractivity contribution in [2.24, 2.45) is 0 Å². The van der Waals surface area contributed by atoms with Crippen LogP contribution in [0.5, 0.6) is 0 Å². The van der Waals surface area contributed by atoms with Gasteiger partial charge in [0.25, 0.3) is 0 Å². The lowest BCUT2D eigenvalue weighted by atomic mass is 10.2. The minimum Gasteiger partial charge on any atom is -0.390 e. The molecule has 190 valence electrons. The number of benzene rings is 4. The van der Waals surface area contributed by atoms with Crippen LogP contribution in [0, 0.1) is 6.92 Å². The third-order valence-corrected chi connectivity index (χ3v) is 9.27. The van der Waals surface area contributed by atoms with Crippen LogP contribution in [0.4, 0.5) is 0 Å². The normalized spacial score (nSPS) is 13.0. The number of halogens is 2. The number of aliphatic hydroxyl groups is 1. The molecule has 1 unspecified atom stereocenters. The minimum absolute atomic E-state index is 0.0423. The van der Waals surface area contributed by atoms with Crippen molar-refractivity contribution in [2.75, 3.05) is 6.54 Å². The zero-order chi connectivity index (χ0) is 26.2. The lowest BCUT2D eigenvalue weighted by Gasteiger charge is -2.25. The summed E-state index contributed by atoms with van der Waals surface area (Å²) in [5.41, 5.74) is 3.80. The first-order valence-electron chi connectivity index (χ1n) is 11.9. The number of fused-ring (bicyclic) bond motifs is 3. The molecule has 0 spiro atoms. The van der Waals surface area contributed by atoms with Gasteiger partial charge in [0.1, 0.15) is 0 Å². The molecular weight excluding hydrogens is 616 g/mol. The lowest BCUT2D eigenvalue weighted by Crippen LogP contribution is -2.38. The number of aryl methyl sites for hydroxylation is 1. The Balaban J connectivity index is 1.50. The maximum absolute atomic E-state index is 13.7. The van der Waals surface area contributed by atoms with Crippen LogP contribution in [0.1, 0.15) is 11.1 Å². The fourth-order valence-corrected chi connectivity index (χ4v) is 6.83. The highest BCUT2D eigenvalue weighted by Crippen LogP contribution is 2.33. The molecule has 0 aliphatic rings. The van der Waals surface area contributed by atoms with Crippen LogP contribution in [-0.2, 0) is 23.1 Å². The largest absolute Gasteiger partial charge is 0.390 e. The van der Waals surface area contributed by atoms with Crippen molar-refractivity contribution in [1.82, 2.24) is 8.87 Å². The average Bonchev–Trinajstić information content (AvgIpc) is 3.16. The highest BCUT2D eigenvalue weighted by atomic mass is 79.9. The number of nitrogens with zero attached hydrogens (tertiary/aromatic N) is 2. The van der Waals surface area contributed by atoms with Gasteiger partial charge in [-0.05, 0) is 61.0 Å². The number of hydrogen-bond acceptors (Lipinski definition) is 3. The first kappa shape index (κ1) is 26.1. The Kier molecular flexibility index (Phi) is 7.56. The molecule has 0 bridgehead atoms. The molecule has 5 nitrogen and oxygen atoms in total. The Morgan fingerprint density at radius 1 is 0.838 bits per heavy atom. The molecule has 37 heavy (non-hydrogen) atoms. The topological polar surface area (TPSA) is 62.5 Å². The lowest BCUT2D eigenvalue weighted by molar-refractivity contribution is 0.128. The van der Waals surface area contributed by atoms with E-state index >= 15 is 0 Å². The molecule has 1 N–H and O–H groups in total. The van der Waals surface area contributed by atoms with E-state index in [0.717, 1.165) is 41.9 Å². The molecule has 0 aliphatic carbocycles. The predicted octanol–water partition coefficient (Wildman–Crippen LogP) is 6.88. The number of sulfonamides is 1. The van der Waals surface area contributed by atoms with Crippen molar-refractivity contribution in [3.63, 3.8) is 0 Å². The highest BCUT2D eigenvalue weighted by Gasteiger charge is 2.27. The summed E-state index contributed by atoms with van der Waals surface area (Å²) < 4.78 is 32.7. The standard InChI is InChI=1S/C29H26Br2N2O3S/c1-20-7-11-25(12-8-20)37(35,36)32(17-21-5-3-2-4-6-21)18-24(34)19-33-28-13-9-22(30)15-26(28)27-16-23(31)10-14-29(27)33/h2-16,24,34H,17-19H2,1H3. The second-order valence-corrected chi connectivity index (χ2v) is 13.0. The number of aromatic nitrogens is 1. The van der Waals surface area contributed by atoms with E-state index in [1.165, 1.54) is 4.31 Å². The van der Waals surface area contributed by atoms with Gasteiger partial charge < -0.3 is 9.67 Å². The van der Waals surface area contributed by atoms with Gasteiger partial charge in [0.2, 0.25) is 10.0 Å². The molecular formula is C29H26Br2N2O3S. The molecule has 4 aromatic carbocycles. The summed E-state index contributed by atoms with van der Waals surface area (Å²) in [4.78, 5) is 0.216. The Labute approximate surface area is 233 Å². The second kappa shape index (κ2) is 10.7. The molecule has 5 rings (SSSR count). The van der Waals surface area contributed by atoms with Gasteiger partial charge in [0.05, 0.1) is 17.5 Å². The van der Waals surface area contributed by atoms with Crippen LogP contribution in [0.15, 0.2) is 105 Å². The van der Waals surface area contributed by atoms with Crippen molar-refractivity contribution in [3.05, 3.63) is 111 Å². The Bertz CT molecular complexity index is 1610. The van der Waals surface area contributed by atoms with E-state index in [9.17, 15) is 13.5 Å². The number of hydrogen-bond donors (Lipinski definition) is 1. The van der Waals surface area contributed by atoms with Gasteiger partial charge in [0.15, 0.2) is 0 Å². The summed E-state index contributed by atoms with van der Waals surface area (Å²) >= 11 is 7.13. The maximum atomic E-state index is 13.7. The molecule has 8 heteroatoms. The monoisotopic (exact) mass is 640 g/mol. The van der Waals surface area contributed by atoms with Gasteiger partial charge in [-0.15, -0.1) is 0 Å². The van der Waals surface area contributed by atoms with Crippen molar-refractivity contribution < 1.29 is 13.5 Å². The average molecular weight is 642 g/mol. The van der Waals surface area contributed by atoms with Crippen molar-refractivity contribution in [1.29, 1.82) is 0 Å². The second-order valence-electron chi connectivity index (χ2n) is 9.18. The number of aliphatic hydroxyl groups excluding tert-OH is 1. The molecule has 1 aromatic heterocycles. The first-order chi connectivity index (χ1) is 17.7. The van der Waals surface area contributed by atoms with Gasteiger partial charge in [-0.25, -0.2) is 8.42 Å². The van der Waals surface area contributed by atoms with Crippen LogP contribution in [0.3, 0.4) is 0 Å². The Hall–Kier alpha value is -2.49. The molecule has 1 heterocycles. The van der Waals surface area contributed by atoms with E-state index in [-0.39, 0.29) is 24.5 Å². The van der Waals surface area contributed by atoms with Gasteiger partial charge in [-0.1, -0.05) is 79.9 Å². The van der Waals surface area contributed by atoms with Crippen LogP contribution in [-0.4, -0.2) is 35.0 Å². The Morgan fingerprint density at radius 3 is 1.97 bits per heavy atom. The molecule has 1 atom stereocenters. The SMILES string of the molecule is Cc1ccc(S(=O)(=O)N(Cc2ccccc2)CC(O)Cn2c3ccc(Br)cc3c3cc(Br)ccc32)cc1. The van der Waals surface area contributed by atoms with Gasteiger partial charge in [-0.2, -0.15) is 4.31 Å². The molecule has 0 radical (unpaired) electrons. The third-order valence-electron chi connectivity index (χ3n) is 6.46. The summed E-state index contributed by atoms with van der Waals surface area (Å²) in [6.45, 7) is 2.29. The summed E-state index contributed by atoms with van der Waals surface area (Å²) in [6, 6.07) is 28.4. The van der Waals surface area contributed by atoms with Crippen molar-refractivity contribution in [2.45, 2.75) is 31.0 Å². The Morgan fingerprint density at radius 2 is 1.41 bits per heavy atom. The predicted molar refractivity (Wildman–Crippen MR) is 156 cm³/mol. The highest BCUT2D eigenvalue weighted by molar-refractivity contribution is 9.10. The fraction of sp³-hybridized carbons (Fsp3) is 0.172. The zero-order valence-electron chi connectivity index (χ0n) is 20.2. The van der Waals surface area contributed by atoms with Crippen LogP contribution < -0.4 is 0 Å². The fourth-order valence-electron chi connectivity index (χ4n) is 4.64. The van der Waals surface area contributed by atoms with E-state index in [2.05, 4.69) is 48.6 Å². The van der Waals surface area contributed by atoms with E-state index in [1.807, 2.05) is 61.5 Å². The first-order valence-corrected chi connectivity index (χ1v) is 14.9. The maximum Gasteiger partial charge on any atom is 0.243 e. The molecule has 5 aromatic rings. The summed E-state index contributed by atoms with van der Waals surface area (Å²) in [5.74, 6) is 0. The van der Waals surface area contributed by atoms with Gasteiger partial charge in [-0.3, -0.25) is 0 Å². The molecule has 0 amide bonds.